The lowest BCUT2D eigenvalue weighted by molar-refractivity contribution is 0.618. The van der Waals surface area contributed by atoms with Crippen molar-refractivity contribution < 1.29 is 4.21 Å². The summed E-state index contributed by atoms with van der Waals surface area (Å²) in [4.78, 5) is 0. The van der Waals surface area contributed by atoms with Gasteiger partial charge in [0.05, 0.1) is 15.7 Å². The molecule has 2 atom stereocenters. The van der Waals surface area contributed by atoms with E-state index in [1.165, 1.54) is 43.2 Å². The Hall–Kier alpha value is -2.93. The molecule has 2 unspecified atom stereocenters. The zero-order chi connectivity index (χ0) is 30.4. The summed E-state index contributed by atoms with van der Waals surface area (Å²) in [5, 5.41) is 6.61. The van der Waals surface area contributed by atoms with Crippen molar-refractivity contribution in [2.75, 3.05) is 6.16 Å². The quantitative estimate of drug-likeness (QED) is 0.163. The molecule has 5 rings (SSSR count). The second-order valence-corrected chi connectivity index (χ2v) is 18.3. The second kappa shape index (κ2) is 14.2. The molecule has 0 aliphatic rings. The minimum atomic E-state index is -1.25. The molecule has 0 amide bonds. The molecule has 0 fully saturated rings. The standard InChI is InChI=1S/C38H41NOP2S/c1-29-20-24-33(25-21-29)42(34-26-22-30(2)23-27-34)37-19-13-12-18-35(37)36(39-43(40)38(3,4)5)28-41(31-14-8-6-9-15-31)32-16-10-7-11-17-32/h6-27,36,39H,28H2,1-5H3. The first kappa shape index (κ1) is 31.5. The Kier molecular flexibility index (Phi) is 10.4. The summed E-state index contributed by atoms with van der Waals surface area (Å²) in [7, 11) is -2.81. The predicted octanol–water partition coefficient (Wildman–Crippen LogP) is 7.29. The topological polar surface area (TPSA) is 29.1 Å². The molecular formula is C38H41NOP2S. The van der Waals surface area contributed by atoms with Gasteiger partial charge in [0.25, 0.3) is 0 Å². The van der Waals surface area contributed by atoms with Gasteiger partial charge in [-0.2, -0.15) is 0 Å². The fraction of sp³-hybridized carbons (Fsp3) is 0.211. The summed E-state index contributed by atoms with van der Waals surface area (Å²) in [5.41, 5.74) is 3.74. The maximum Gasteiger partial charge on any atom is 0.0976 e. The highest BCUT2D eigenvalue weighted by molar-refractivity contribution is 7.84. The van der Waals surface area contributed by atoms with Gasteiger partial charge < -0.3 is 0 Å². The van der Waals surface area contributed by atoms with Gasteiger partial charge in [0.2, 0.25) is 0 Å². The highest BCUT2D eigenvalue weighted by atomic mass is 32.2. The first-order chi connectivity index (χ1) is 20.7. The molecule has 5 aromatic carbocycles. The van der Waals surface area contributed by atoms with Crippen LogP contribution in [0.15, 0.2) is 133 Å². The number of nitrogens with one attached hydrogen (secondary N) is 1. The molecule has 220 valence electrons. The smallest absolute Gasteiger partial charge is 0.0976 e. The summed E-state index contributed by atoms with van der Waals surface area (Å²) in [6, 6.07) is 48.4. The Bertz CT molecular complexity index is 1550. The van der Waals surface area contributed by atoms with Crippen LogP contribution in [-0.2, 0) is 11.0 Å². The summed E-state index contributed by atoms with van der Waals surface area (Å²) < 4.78 is 17.1. The van der Waals surface area contributed by atoms with Crippen molar-refractivity contribution >= 4 is 53.4 Å². The maximum atomic E-state index is 13.8. The van der Waals surface area contributed by atoms with Crippen LogP contribution in [0, 0.1) is 13.8 Å². The third kappa shape index (κ3) is 7.97. The highest BCUT2D eigenvalue weighted by Gasteiger charge is 2.30. The van der Waals surface area contributed by atoms with Gasteiger partial charge in [0.1, 0.15) is 0 Å². The molecule has 5 heteroatoms. The minimum Gasteiger partial charge on any atom is -0.242 e. The van der Waals surface area contributed by atoms with Crippen LogP contribution in [0.5, 0.6) is 0 Å². The molecule has 2 nitrogen and oxygen atoms in total. The van der Waals surface area contributed by atoms with Crippen LogP contribution < -0.4 is 31.2 Å². The molecule has 0 saturated carbocycles. The molecule has 1 N–H and O–H groups in total. The largest absolute Gasteiger partial charge is 0.242 e. The molecule has 0 aliphatic carbocycles. The van der Waals surface area contributed by atoms with Crippen LogP contribution in [0.2, 0.25) is 0 Å². The van der Waals surface area contributed by atoms with Crippen molar-refractivity contribution in [3.8, 4) is 0 Å². The van der Waals surface area contributed by atoms with Crippen LogP contribution in [0.4, 0.5) is 0 Å². The van der Waals surface area contributed by atoms with Gasteiger partial charge >= 0.3 is 0 Å². The van der Waals surface area contributed by atoms with Crippen molar-refractivity contribution in [2.45, 2.75) is 45.4 Å². The Balaban J connectivity index is 1.67. The van der Waals surface area contributed by atoms with Gasteiger partial charge in [-0.3, -0.25) is 0 Å². The van der Waals surface area contributed by atoms with Gasteiger partial charge in [-0.05, 0) is 88.7 Å². The van der Waals surface area contributed by atoms with Crippen LogP contribution in [0.25, 0.3) is 0 Å². The van der Waals surface area contributed by atoms with E-state index < -0.39 is 31.6 Å². The summed E-state index contributed by atoms with van der Waals surface area (Å²) in [6.45, 7) is 10.4. The maximum absolute atomic E-state index is 13.8. The molecule has 0 aliphatic heterocycles. The second-order valence-electron chi connectivity index (χ2n) is 11.9. The fourth-order valence-electron chi connectivity index (χ4n) is 5.06. The molecule has 0 bridgehead atoms. The average Bonchev–Trinajstić information content (AvgIpc) is 3.02. The van der Waals surface area contributed by atoms with Crippen LogP contribution in [0.1, 0.15) is 43.5 Å². The normalized spacial score (nSPS) is 13.3. The van der Waals surface area contributed by atoms with Gasteiger partial charge in [-0.25, -0.2) is 8.93 Å². The fourth-order valence-corrected chi connectivity index (χ4v) is 10.9. The van der Waals surface area contributed by atoms with E-state index >= 15 is 0 Å². The monoisotopic (exact) mass is 621 g/mol. The van der Waals surface area contributed by atoms with Crippen LogP contribution in [0.3, 0.4) is 0 Å². The lowest BCUT2D eigenvalue weighted by Crippen LogP contribution is -2.39. The Morgan fingerprint density at radius 1 is 0.605 bits per heavy atom. The molecule has 0 aromatic heterocycles. The van der Waals surface area contributed by atoms with Crippen molar-refractivity contribution in [2.24, 2.45) is 0 Å². The lowest BCUT2D eigenvalue weighted by atomic mass is 10.1. The predicted molar refractivity (Wildman–Crippen MR) is 192 cm³/mol. The van der Waals surface area contributed by atoms with Gasteiger partial charge in [-0.15, -0.1) is 0 Å². The first-order valence-electron chi connectivity index (χ1n) is 14.8. The molecule has 0 heterocycles. The molecule has 0 radical (unpaired) electrons. The molecule has 5 aromatic rings. The number of benzene rings is 5. The zero-order valence-electron chi connectivity index (χ0n) is 25.7. The highest BCUT2D eigenvalue weighted by Crippen LogP contribution is 2.41. The summed E-state index contributed by atoms with van der Waals surface area (Å²) in [5.74, 6) is 0. The molecular weight excluding hydrogens is 580 g/mol. The minimum absolute atomic E-state index is 0.108. The van der Waals surface area contributed by atoms with E-state index in [-0.39, 0.29) is 6.04 Å². The first-order valence-corrected chi connectivity index (χ1v) is 18.8. The lowest BCUT2D eigenvalue weighted by Gasteiger charge is -2.31. The third-order valence-corrected chi connectivity index (χ3v) is 14.1. The van der Waals surface area contributed by atoms with E-state index in [0.717, 1.165) is 6.16 Å². The van der Waals surface area contributed by atoms with E-state index in [9.17, 15) is 4.21 Å². The van der Waals surface area contributed by atoms with E-state index in [2.05, 4.69) is 152 Å². The molecule has 0 saturated heterocycles. The van der Waals surface area contributed by atoms with E-state index in [1.807, 2.05) is 20.8 Å². The van der Waals surface area contributed by atoms with Crippen molar-refractivity contribution in [3.05, 3.63) is 150 Å². The van der Waals surface area contributed by atoms with Gasteiger partial charge in [0.15, 0.2) is 0 Å². The van der Waals surface area contributed by atoms with E-state index in [0.29, 0.717) is 0 Å². The van der Waals surface area contributed by atoms with Crippen LogP contribution >= 0.6 is 15.8 Å². The summed E-state index contributed by atoms with van der Waals surface area (Å²) in [6.07, 6.45) is 0.840. The number of hydrogen-bond acceptors (Lipinski definition) is 1. The number of hydrogen-bond donors (Lipinski definition) is 1. The number of rotatable bonds is 10. The third-order valence-electron chi connectivity index (χ3n) is 7.44. The molecule has 0 spiro atoms. The van der Waals surface area contributed by atoms with E-state index in [1.54, 1.807) is 0 Å². The zero-order valence-corrected chi connectivity index (χ0v) is 28.3. The number of aryl methyl sites for hydroxylation is 2. The van der Waals surface area contributed by atoms with Crippen molar-refractivity contribution in [3.63, 3.8) is 0 Å². The SMILES string of the molecule is Cc1ccc(P(c2ccc(C)cc2)c2ccccc2C(CP(c2ccccc2)c2ccccc2)NS(=O)C(C)(C)C)cc1. The molecule has 43 heavy (non-hydrogen) atoms. The van der Waals surface area contributed by atoms with Gasteiger partial charge in [0, 0.05) is 6.04 Å². The Labute approximate surface area is 263 Å². The summed E-state index contributed by atoms with van der Waals surface area (Å²) >= 11 is 0. The van der Waals surface area contributed by atoms with E-state index in [4.69, 9.17) is 0 Å². The van der Waals surface area contributed by atoms with Crippen molar-refractivity contribution in [1.82, 2.24) is 4.72 Å². The van der Waals surface area contributed by atoms with Gasteiger partial charge in [-0.1, -0.05) is 145 Å². The van der Waals surface area contributed by atoms with Crippen LogP contribution in [-0.4, -0.2) is 15.1 Å². The average molecular weight is 622 g/mol. The Morgan fingerprint density at radius 2 is 1.05 bits per heavy atom. The van der Waals surface area contributed by atoms with Crippen molar-refractivity contribution in [1.29, 1.82) is 0 Å². The Morgan fingerprint density at radius 3 is 1.51 bits per heavy atom.